The van der Waals surface area contributed by atoms with Crippen LogP contribution in [0.2, 0.25) is 0 Å². The van der Waals surface area contributed by atoms with E-state index in [1.54, 1.807) is 0 Å². The normalized spacial score (nSPS) is 9.42. The largest absolute Gasteiger partial charge is 0.379 e. The number of nitrogens with one attached hydrogen (secondary N) is 2. The molecule has 12 heavy (non-hydrogen) atoms. The molecule has 1 amide bonds. The zero-order valence-electron chi connectivity index (χ0n) is 6.29. The Morgan fingerprint density at radius 1 is 1.67 bits per heavy atom. The smallest absolute Gasteiger partial charge is 0.222 e. The summed E-state index contributed by atoms with van der Waals surface area (Å²) in [5.41, 5.74) is 5.29. The van der Waals surface area contributed by atoms with Gasteiger partial charge in [0.25, 0.3) is 0 Å². The minimum Gasteiger partial charge on any atom is -0.379 e. The van der Waals surface area contributed by atoms with Crippen molar-refractivity contribution in [3.63, 3.8) is 0 Å². The quantitative estimate of drug-likeness (QED) is 0.372. The molecule has 64 valence electrons. The Kier molecular flexibility index (Phi) is 2.04. The number of amidine groups is 1. The number of anilines is 1. The van der Waals surface area contributed by atoms with E-state index in [9.17, 15) is 4.79 Å². The predicted octanol–water partition coefficient (Wildman–Crippen LogP) is -0.887. The van der Waals surface area contributed by atoms with E-state index in [2.05, 4.69) is 20.3 Å². The van der Waals surface area contributed by atoms with Crippen LogP contribution in [-0.4, -0.2) is 22.1 Å². The number of aromatic nitrogens is 2. The van der Waals surface area contributed by atoms with Crippen LogP contribution in [0.3, 0.4) is 0 Å². The summed E-state index contributed by atoms with van der Waals surface area (Å²) in [6.07, 6.45) is 0. The molecular weight excluding hydrogens is 162 g/mol. The predicted molar refractivity (Wildman–Crippen MR) is 39.4 cm³/mol. The molecule has 0 aliphatic heterocycles. The average molecular weight is 169 g/mol. The first-order valence-corrected chi connectivity index (χ1v) is 3.06. The van der Waals surface area contributed by atoms with Crippen LogP contribution in [0, 0.1) is 5.41 Å². The van der Waals surface area contributed by atoms with E-state index in [4.69, 9.17) is 11.1 Å². The molecule has 0 saturated carbocycles. The number of hydrogen-bond donors (Lipinski definition) is 3. The van der Waals surface area contributed by atoms with Crippen LogP contribution in [0.1, 0.15) is 12.6 Å². The summed E-state index contributed by atoms with van der Waals surface area (Å²) in [5, 5.41) is 16.0. The number of amides is 1. The molecule has 1 aromatic heterocycles. The molecule has 0 aromatic carbocycles. The van der Waals surface area contributed by atoms with E-state index in [0.29, 0.717) is 0 Å². The summed E-state index contributed by atoms with van der Waals surface area (Å²) in [6.45, 7) is 1.28. The monoisotopic (exact) mass is 169 g/mol. The Balaban J connectivity index is 2.78. The molecule has 0 bridgehead atoms. The standard InChI is InChI=1S/C5H7N5O2/c1-2(11)8-4(6)3-5(7)10-12-9-3/h1H3,(H2,7,10)(H2,6,8,11). The first kappa shape index (κ1) is 8.18. The van der Waals surface area contributed by atoms with E-state index in [1.165, 1.54) is 6.92 Å². The van der Waals surface area contributed by atoms with Gasteiger partial charge in [0.15, 0.2) is 17.3 Å². The second-order valence-corrected chi connectivity index (χ2v) is 2.05. The van der Waals surface area contributed by atoms with Crippen molar-refractivity contribution in [2.75, 3.05) is 5.73 Å². The van der Waals surface area contributed by atoms with Crippen molar-refractivity contribution >= 4 is 17.6 Å². The third-order valence-electron chi connectivity index (χ3n) is 1.05. The van der Waals surface area contributed by atoms with E-state index in [0.717, 1.165) is 0 Å². The lowest BCUT2D eigenvalue weighted by atomic mass is 10.4. The van der Waals surface area contributed by atoms with Crippen molar-refractivity contribution in [3.05, 3.63) is 5.69 Å². The van der Waals surface area contributed by atoms with Gasteiger partial charge in [0, 0.05) is 6.92 Å². The van der Waals surface area contributed by atoms with Gasteiger partial charge in [-0.3, -0.25) is 10.2 Å². The molecule has 7 heteroatoms. The van der Waals surface area contributed by atoms with Crippen LogP contribution in [0.25, 0.3) is 0 Å². The van der Waals surface area contributed by atoms with E-state index in [-0.39, 0.29) is 23.3 Å². The van der Waals surface area contributed by atoms with Crippen LogP contribution in [0.4, 0.5) is 5.82 Å². The second-order valence-electron chi connectivity index (χ2n) is 2.05. The maximum absolute atomic E-state index is 10.5. The lowest BCUT2D eigenvalue weighted by Gasteiger charge is -1.98. The molecular formula is C5H7N5O2. The highest BCUT2D eigenvalue weighted by Crippen LogP contribution is 2.02. The van der Waals surface area contributed by atoms with Gasteiger partial charge in [0.05, 0.1) is 0 Å². The zero-order chi connectivity index (χ0) is 9.14. The number of nitrogen functional groups attached to an aromatic ring is 1. The SMILES string of the molecule is CC(=O)NC(=N)c1nonc1N. The van der Waals surface area contributed by atoms with Gasteiger partial charge in [0.1, 0.15) is 0 Å². The molecule has 0 radical (unpaired) electrons. The van der Waals surface area contributed by atoms with Crippen molar-refractivity contribution < 1.29 is 9.42 Å². The number of nitrogens with two attached hydrogens (primary N) is 1. The van der Waals surface area contributed by atoms with E-state index >= 15 is 0 Å². The Morgan fingerprint density at radius 2 is 2.33 bits per heavy atom. The van der Waals surface area contributed by atoms with Gasteiger partial charge in [0.2, 0.25) is 5.91 Å². The molecule has 1 heterocycles. The van der Waals surface area contributed by atoms with Gasteiger partial charge in [-0.2, -0.15) is 0 Å². The number of carbonyl (C=O) groups is 1. The summed E-state index contributed by atoms with van der Waals surface area (Å²) in [4.78, 5) is 10.5. The van der Waals surface area contributed by atoms with Crippen LogP contribution < -0.4 is 11.1 Å². The number of carbonyl (C=O) groups excluding carboxylic acids is 1. The van der Waals surface area contributed by atoms with Crippen LogP contribution in [0.15, 0.2) is 4.63 Å². The molecule has 0 atom stereocenters. The molecule has 0 aliphatic carbocycles. The fraction of sp³-hybridized carbons (Fsp3) is 0.200. The molecule has 1 rings (SSSR count). The fourth-order valence-electron chi connectivity index (χ4n) is 0.604. The Bertz CT molecular complexity index is 317. The zero-order valence-corrected chi connectivity index (χ0v) is 6.29. The third-order valence-corrected chi connectivity index (χ3v) is 1.05. The molecule has 0 unspecified atom stereocenters. The fourth-order valence-corrected chi connectivity index (χ4v) is 0.604. The van der Waals surface area contributed by atoms with Gasteiger partial charge in [-0.25, -0.2) is 4.63 Å². The number of hydrogen-bond acceptors (Lipinski definition) is 6. The molecule has 1 aromatic rings. The molecule has 0 spiro atoms. The maximum atomic E-state index is 10.5. The Hall–Kier alpha value is -1.92. The summed E-state index contributed by atoms with van der Waals surface area (Å²) < 4.78 is 4.23. The molecule has 0 aliphatic rings. The average Bonchev–Trinajstić information content (AvgIpc) is 2.33. The summed E-state index contributed by atoms with van der Waals surface area (Å²) in [7, 11) is 0. The second kappa shape index (κ2) is 2.99. The minimum absolute atomic E-state index is 0.0197. The Morgan fingerprint density at radius 3 is 2.75 bits per heavy atom. The third kappa shape index (κ3) is 1.57. The van der Waals surface area contributed by atoms with Crippen LogP contribution in [-0.2, 0) is 4.79 Å². The van der Waals surface area contributed by atoms with Crippen molar-refractivity contribution in [2.45, 2.75) is 6.92 Å². The maximum Gasteiger partial charge on any atom is 0.222 e. The van der Waals surface area contributed by atoms with E-state index < -0.39 is 0 Å². The minimum atomic E-state index is -0.373. The summed E-state index contributed by atoms with van der Waals surface area (Å²) in [5.74, 6) is -0.614. The summed E-state index contributed by atoms with van der Waals surface area (Å²) >= 11 is 0. The van der Waals surface area contributed by atoms with Crippen molar-refractivity contribution in [3.8, 4) is 0 Å². The highest BCUT2D eigenvalue weighted by Gasteiger charge is 2.12. The van der Waals surface area contributed by atoms with Crippen molar-refractivity contribution in [2.24, 2.45) is 0 Å². The number of rotatable bonds is 1. The van der Waals surface area contributed by atoms with E-state index in [1.807, 2.05) is 0 Å². The topological polar surface area (TPSA) is 118 Å². The molecule has 0 fully saturated rings. The van der Waals surface area contributed by atoms with Gasteiger partial charge in [-0.1, -0.05) is 0 Å². The Labute approximate surface area is 67.4 Å². The summed E-state index contributed by atoms with van der Waals surface area (Å²) in [6, 6.07) is 0. The van der Waals surface area contributed by atoms with Crippen molar-refractivity contribution in [1.29, 1.82) is 5.41 Å². The highest BCUT2D eigenvalue weighted by molar-refractivity contribution is 6.06. The lowest BCUT2D eigenvalue weighted by Crippen LogP contribution is -2.28. The first-order chi connectivity index (χ1) is 5.61. The van der Waals surface area contributed by atoms with Crippen molar-refractivity contribution in [1.82, 2.24) is 15.6 Å². The van der Waals surface area contributed by atoms with Crippen LogP contribution in [0.5, 0.6) is 0 Å². The molecule has 4 N–H and O–H groups in total. The van der Waals surface area contributed by atoms with Gasteiger partial charge < -0.3 is 11.1 Å². The van der Waals surface area contributed by atoms with Gasteiger partial charge in [-0.05, 0) is 10.3 Å². The van der Waals surface area contributed by atoms with Gasteiger partial charge in [-0.15, -0.1) is 0 Å². The van der Waals surface area contributed by atoms with Crippen LogP contribution >= 0.6 is 0 Å². The molecule has 7 nitrogen and oxygen atoms in total. The first-order valence-electron chi connectivity index (χ1n) is 3.06. The highest BCUT2D eigenvalue weighted by atomic mass is 16.6. The number of nitrogens with zero attached hydrogens (tertiary/aromatic N) is 2. The lowest BCUT2D eigenvalue weighted by molar-refractivity contribution is -0.117. The van der Waals surface area contributed by atoms with Gasteiger partial charge >= 0.3 is 0 Å². The molecule has 0 saturated heterocycles.